The predicted octanol–water partition coefficient (Wildman–Crippen LogP) is 2.50. The molecule has 4 rings (SSSR count). The van der Waals surface area contributed by atoms with Crippen molar-refractivity contribution in [2.75, 3.05) is 19.7 Å². The Morgan fingerprint density at radius 1 is 1.35 bits per heavy atom. The van der Waals surface area contributed by atoms with Crippen molar-refractivity contribution in [3.8, 4) is 0 Å². The number of piperidine rings is 1. The molecule has 2 fully saturated rings. The summed E-state index contributed by atoms with van der Waals surface area (Å²) in [5.41, 5.74) is 1.18. The summed E-state index contributed by atoms with van der Waals surface area (Å²) in [6, 6.07) is 0. The van der Waals surface area contributed by atoms with E-state index in [2.05, 4.69) is 26.4 Å². The largest absolute Gasteiger partial charge is 0.369 e. The molecule has 2 aliphatic heterocycles. The van der Waals surface area contributed by atoms with Gasteiger partial charge in [-0.25, -0.2) is 9.97 Å². The number of imidazole rings is 2. The highest BCUT2D eigenvalue weighted by molar-refractivity contribution is 5.79. The molecule has 2 saturated heterocycles. The number of hydrogen-bond donors (Lipinski definition) is 1. The van der Waals surface area contributed by atoms with E-state index >= 15 is 0 Å². The summed E-state index contributed by atoms with van der Waals surface area (Å²) in [7, 11) is 0. The van der Waals surface area contributed by atoms with Gasteiger partial charge in [-0.2, -0.15) is 0 Å². The Morgan fingerprint density at radius 3 is 2.92 bits per heavy atom. The van der Waals surface area contributed by atoms with Crippen molar-refractivity contribution in [2.24, 2.45) is 5.92 Å². The number of aromatic nitrogens is 4. The van der Waals surface area contributed by atoms with Crippen LogP contribution >= 0.6 is 0 Å². The summed E-state index contributed by atoms with van der Waals surface area (Å²) in [5, 5.41) is 0. The fraction of sp³-hybridized carbons (Fsp3) is 0.632. The van der Waals surface area contributed by atoms with Crippen molar-refractivity contribution in [3.63, 3.8) is 0 Å². The summed E-state index contributed by atoms with van der Waals surface area (Å²) in [6.07, 6.45) is 10.9. The third-order valence-corrected chi connectivity index (χ3v) is 5.75. The van der Waals surface area contributed by atoms with E-state index in [4.69, 9.17) is 4.74 Å². The first-order valence-electron chi connectivity index (χ1n) is 9.67. The topological polar surface area (TPSA) is 76.0 Å². The molecule has 7 heteroatoms. The standard InChI is InChI=1S/C19H27N5O2/c1-2-23-10-7-21-18(23)17-15(4-3-11-26-17)19(25)24-8-5-14(6-9-24)16-12-20-13-22-16/h7,10,12-15,17H,2-6,8-9,11H2,1H3,(H,20,22)/t15-,17-/m1/s1. The van der Waals surface area contributed by atoms with Gasteiger partial charge in [0.2, 0.25) is 5.91 Å². The van der Waals surface area contributed by atoms with E-state index in [1.807, 2.05) is 17.3 Å². The summed E-state index contributed by atoms with van der Waals surface area (Å²) in [5.74, 6) is 1.46. The van der Waals surface area contributed by atoms with Gasteiger partial charge in [-0.3, -0.25) is 4.79 Å². The second-order valence-corrected chi connectivity index (χ2v) is 7.22. The second-order valence-electron chi connectivity index (χ2n) is 7.22. The number of ether oxygens (including phenoxy) is 1. The average Bonchev–Trinajstić information content (AvgIpc) is 3.39. The predicted molar refractivity (Wildman–Crippen MR) is 96.5 cm³/mol. The molecule has 2 atom stereocenters. The molecule has 0 radical (unpaired) electrons. The van der Waals surface area contributed by atoms with Crippen molar-refractivity contribution in [3.05, 3.63) is 36.4 Å². The fourth-order valence-corrected chi connectivity index (χ4v) is 4.27. The van der Waals surface area contributed by atoms with Crippen LogP contribution in [0.5, 0.6) is 0 Å². The van der Waals surface area contributed by atoms with Gasteiger partial charge < -0.3 is 19.2 Å². The smallest absolute Gasteiger partial charge is 0.228 e. The number of likely N-dealkylation sites (tertiary alicyclic amines) is 1. The maximum Gasteiger partial charge on any atom is 0.228 e. The minimum absolute atomic E-state index is 0.125. The Morgan fingerprint density at radius 2 is 2.19 bits per heavy atom. The Kier molecular flexibility index (Phi) is 5.06. The zero-order valence-electron chi connectivity index (χ0n) is 15.3. The van der Waals surface area contributed by atoms with Crippen LogP contribution in [0.2, 0.25) is 0 Å². The van der Waals surface area contributed by atoms with Gasteiger partial charge in [-0.15, -0.1) is 0 Å². The molecule has 1 N–H and O–H groups in total. The van der Waals surface area contributed by atoms with Crippen molar-refractivity contribution in [2.45, 2.75) is 51.2 Å². The number of carbonyl (C=O) groups excluding carboxylic acids is 1. The number of aromatic amines is 1. The van der Waals surface area contributed by atoms with Gasteiger partial charge in [0.1, 0.15) is 11.9 Å². The van der Waals surface area contributed by atoms with E-state index in [0.717, 1.165) is 51.1 Å². The van der Waals surface area contributed by atoms with Crippen LogP contribution in [0.15, 0.2) is 24.9 Å². The van der Waals surface area contributed by atoms with Crippen LogP contribution in [0.4, 0.5) is 0 Å². The van der Waals surface area contributed by atoms with Crippen LogP contribution in [0.25, 0.3) is 0 Å². The number of aryl methyl sites for hydroxylation is 1. The van der Waals surface area contributed by atoms with E-state index in [1.165, 1.54) is 5.69 Å². The highest BCUT2D eigenvalue weighted by Gasteiger charge is 2.38. The van der Waals surface area contributed by atoms with Crippen molar-refractivity contribution < 1.29 is 9.53 Å². The number of amides is 1. The van der Waals surface area contributed by atoms with E-state index < -0.39 is 0 Å². The molecule has 0 unspecified atom stereocenters. The highest BCUT2D eigenvalue weighted by atomic mass is 16.5. The Hall–Kier alpha value is -2.15. The zero-order chi connectivity index (χ0) is 17.9. The lowest BCUT2D eigenvalue weighted by molar-refractivity contribution is -0.147. The van der Waals surface area contributed by atoms with E-state index in [9.17, 15) is 4.79 Å². The van der Waals surface area contributed by atoms with Gasteiger partial charge in [0.15, 0.2) is 0 Å². The molecule has 0 aromatic carbocycles. The summed E-state index contributed by atoms with van der Waals surface area (Å²) < 4.78 is 8.11. The minimum atomic E-state index is -0.225. The first-order valence-corrected chi connectivity index (χ1v) is 9.67. The molecule has 140 valence electrons. The van der Waals surface area contributed by atoms with Crippen LogP contribution in [-0.4, -0.2) is 50.0 Å². The summed E-state index contributed by atoms with van der Waals surface area (Å²) in [4.78, 5) is 27.1. The highest BCUT2D eigenvalue weighted by Crippen LogP contribution is 2.36. The molecule has 7 nitrogen and oxygen atoms in total. The Labute approximate surface area is 153 Å². The van der Waals surface area contributed by atoms with Gasteiger partial charge in [0.25, 0.3) is 0 Å². The van der Waals surface area contributed by atoms with Crippen LogP contribution < -0.4 is 0 Å². The van der Waals surface area contributed by atoms with Crippen molar-refractivity contribution in [1.82, 2.24) is 24.4 Å². The average molecular weight is 357 g/mol. The normalized spacial score (nSPS) is 24.7. The molecule has 0 aliphatic carbocycles. The van der Waals surface area contributed by atoms with Gasteiger partial charge in [0, 0.05) is 56.4 Å². The first kappa shape index (κ1) is 17.3. The molecule has 2 aromatic rings. The van der Waals surface area contributed by atoms with Crippen LogP contribution in [0, 0.1) is 5.92 Å². The van der Waals surface area contributed by atoms with Crippen LogP contribution in [0.3, 0.4) is 0 Å². The van der Waals surface area contributed by atoms with Gasteiger partial charge >= 0.3 is 0 Å². The minimum Gasteiger partial charge on any atom is -0.369 e. The monoisotopic (exact) mass is 357 g/mol. The van der Waals surface area contributed by atoms with Crippen molar-refractivity contribution >= 4 is 5.91 Å². The molecule has 2 aromatic heterocycles. The maximum absolute atomic E-state index is 13.2. The molecule has 4 heterocycles. The van der Waals surface area contributed by atoms with E-state index in [-0.39, 0.29) is 17.9 Å². The maximum atomic E-state index is 13.2. The number of nitrogens with zero attached hydrogens (tertiary/aromatic N) is 4. The fourth-order valence-electron chi connectivity index (χ4n) is 4.27. The molecular weight excluding hydrogens is 330 g/mol. The number of rotatable bonds is 4. The molecule has 26 heavy (non-hydrogen) atoms. The van der Waals surface area contributed by atoms with E-state index in [0.29, 0.717) is 12.5 Å². The molecular formula is C19H27N5O2. The number of H-pyrrole nitrogens is 1. The van der Waals surface area contributed by atoms with E-state index in [1.54, 1.807) is 12.5 Å². The van der Waals surface area contributed by atoms with Gasteiger partial charge in [0.05, 0.1) is 12.2 Å². The number of nitrogens with one attached hydrogen (secondary N) is 1. The van der Waals surface area contributed by atoms with Crippen LogP contribution in [0.1, 0.15) is 56.1 Å². The molecule has 0 spiro atoms. The van der Waals surface area contributed by atoms with Gasteiger partial charge in [-0.1, -0.05) is 0 Å². The second kappa shape index (κ2) is 7.61. The SMILES string of the molecule is CCn1ccnc1[C@@H]1OCCC[C@H]1C(=O)N1CCC(c2cnc[nH]2)CC1. The third-order valence-electron chi connectivity index (χ3n) is 5.75. The molecule has 0 saturated carbocycles. The van der Waals surface area contributed by atoms with Crippen molar-refractivity contribution in [1.29, 1.82) is 0 Å². The third kappa shape index (κ3) is 3.28. The lowest BCUT2D eigenvalue weighted by atomic mass is 9.89. The Bertz CT molecular complexity index is 718. The zero-order valence-corrected chi connectivity index (χ0v) is 15.3. The molecule has 2 aliphatic rings. The van der Waals surface area contributed by atoms with Gasteiger partial charge in [-0.05, 0) is 32.6 Å². The summed E-state index contributed by atoms with van der Waals surface area (Å²) in [6.45, 7) is 5.23. The quantitative estimate of drug-likeness (QED) is 0.912. The summed E-state index contributed by atoms with van der Waals surface area (Å²) >= 11 is 0. The lowest BCUT2D eigenvalue weighted by Crippen LogP contribution is -2.44. The number of carbonyl (C=O) groups is 1. The first-order chi connectivity index (χ1) is 12.8. The molecule has 1 amide bonds. The Balaban J connectivity index is 1.44. The van der Waals surface area contributed by atoms with Crippen LogP contribution in [-0.2, 0) is 16.1 Å². The molecule has 0 bridgehead atoms. The number of hydrogen-bond acceptors (Lipinski definition) is 4. The lowest BCUT2D eigenvalue weighted by Gasteiger charge is -2.37.